The molecule has 0 radical (unpaired) electrons. The molecule has 0 saturated heterocycles. The van der Waals surface area contributed by atoms with Gasteiger partial charge >= 0.3 is 6.09 Å². The van der Waals surface area contributed by atoms with Crippen LogP contribution in [0.15, 0.2) is 24.3 Å². The molecule has 0 bridgehead atoms. The van der Waals surface area contributed by atoms with Crippen LogP contribution in [0.3, 0.4) is 0 Å². The number of nitro groups is 1. The van der Waals surface area contributed by atoms with Gasteiger partial charge in [0.15, 0.2) is 0 Å². The molecule has 1 rings (SSSR count). The van der Waals surface area contributed by atoms with E-state index in [0.717, 1.165) is 12.0 Å². The standard InChI is InChI=1S/C16H25N3O4/c1-12(13-6-8-14(9-7-13)19(21)22)17-10-5-11-18-15(20)23-16(2,3)4/h6-9,12,17H,5,10-11H2,1-4H3,(H,18,20). The van der Waals surface area contributed by atoms with E-state index >= 15 is 0 Å². The van der Waals surface area contributed by atoms with Gasteiger partial charge in [0.25, 0.3) is 5.69 Å². The fourth-order valence-corrected chi connectivity index (χ4v) is 1.91. The van der Waals surface area contributed by atoms with Crippen molar-refractivity contribution in [3.8, 4) is 0 Å². The maximum Gasteiger partial charge on any atom is 0.407 e. The fourth-order valence-electron chi connectivity index (χ4n) is 1.91. The van der Waals surface area contributed by atoms with E-state index < -0.39 is 16.6 Å². The van der Waals surface area contributed by atoms with Crippen molar-refractivity contribution in [2.75, 3.05) is 13.1 Å². The van der Waals surface area contributed by atoms with E-state index in [9.17, 15) is 14.9 Å². The van der Waals surface area contributed by atoms with E-state index in [-0.39, 0.29) is 11.7 Å². The first-order valence-electron chi connectivity index (χ1n) is 7.63. The van der Waals surface area contributed by atoms with E-state index in [1.54, 1.807) is 12.1 Å². The van der Waals surface area contributed by atoms with Crippen molar-refractivity contribution in [2.24, 2.45) is 0 Å². The number of benzene rings is 1. The molecule has 7 nitrogen and oxygen atoms in total. The van der Waals surface area contributed by atoms with Crippen molar-refractivity contribution in [3.63, 3.8) is 0 Å². The predicted molar refractivity (Wildman–Crippen MR) is 88.4 cm³/mol. The van der Waals surface area contributed by atoms with E-state index in [0.29, 0.717) is 13.1 Å². The second-order valence-corrected chi connectivity index (χ2v) is 6.31. The summed E-state index contributed by atoms with van der Waals surface area (Å²) < 4.78 is 5.14. The SMILES string of the molecule is CC(NCCCNC(=O)OC(C)(C)C)c1ccc([N+](=O)[O-])cc1. The Balaban J connectivity index is 2.25. The number of hydrogen-bond acceptors (Lipinski definition) is 5. The highest BCUT2D eigenvalue weighted by Gasteiger charge is 2.15. The molecule has 1 unspecified atom stereocenters. The summed E-state index contributed by atoms with van der Waals surface area (Å²) in [6.07, 6.45) is 0.345. The minimum absolute atomic E-state index is 0.0809. The summed E-state index contributed by atoms with van der Waals surface area (Å²) >= 11 is 0. The molecule has 0 aliphatic carbocycles. The van der Waals surface area contributed by atoms with Crippen LogP contribution in [0.5, 0.6) is 0 Å². The van der Waals surface area contributed by atoms with Gasteiger partial charge < -0.3 is 15.4 Å². The lowest BCUT2D eigenvalue weighted by atomic mass is 10.1. The molecule has 128 valence electrons. The highest BCUT2D eigenvalue weighted by Crippen LogP contribution is 2.17. The summed E-state index contributed by atoms with van der Waals surface area (Å²) in [5.74, 6) is 0. The molecule has 0 spiro atoms. The summed E-state index contributed by atoms with van der Waals surface area (Å²) in [4.78, 5) is 21.7. The summed E-state index contributed by atoms with van der Waals surface area (Å²) in [5.41, 5.74) is 0.575. The third-order valence-corrected chi connectivity index (χ3v) is 3.08. The molecule has 1 aromatic rings. The first kappa shape index (κ1) is 18.9. The van der Waals surface area contributed by atoms with Crippen molar-refractivity contribution >= 4 is 11.8 Å². The predicted octanol–water partition coefficient (Wildman–Crippen LogP) is 3.16. The van der Waals surface area contributed by atoms with E-state index in [1.807, 2.05) is 27.7 Å². The second-order valence-electron chi connectivity index (χ2n) is 6.31. The molecule has 1 amide bonds. The molecule has 0 aliphatic heterocycles. The van der Waals surface area contributed by atoms with Crippen molar-refractivity contribution in [1.82, 2.24) is 10.6 Å². The minimum Gasteiger partial charge on any atom is -0.444 e. The lowest BCUT2D eigenvalue weighted by Crippen LogP contribution is -2.34. The number of ether oxygens (including phenoxy) is 1. The van der Waals surface area contributed by atoms with E-state index in [1.165, 1.54) is 12.1 Å². The van der Waals surface area contributed by atoms with Gasteiger partial charge in [0.05, 0.1) is 4.92 Å². The Morgan fingerprint density at radius 3 is 2.39 bits per heavy atom. The molecular weight excluding hydrogens is 298 g/mol. The number of amides is 1. The number of nitrogens with zero attached hydrogens (tertiary/aromatic N) is 1. The van der Waals surface area contributed by atoms with Crippen LogP contribution in [-0.4, -0.2) is 29.7 Å². The molecule has 0 saturated carbocycles. The molecule has 0 aromatic heterocycles. The van der Waals surface area contributed by atoms with Crippen LogP contribution in [0, 0.1) is 10.1 Å². The zero-order chi connectivity index (χ0) is 17.5. The molecule has 0 fully saturated rings. The van der Waals surface area contributed by atoms with Gasteiger partial charge in [-0.05, 0) is 46.2 Å². The van der Waals surface area contributed by atoms with Gasteiger partial charge in [-0.3, -0.25) is 10.1 Å². The highest BCUT2D eigenvalue weighted by molar-refractivity contribution is 5.67. The highest BCUT2D eigenvalue weighted by atomic mass is 16.6. The maximum absolute atomic E-state index is 11.5. The van der Waals surface area contributed by atoms with Crippen LogP contribution in [0.25, 0.3) is 0 Å². The van der Waals surface area contributed by atoms with E-state index in [2.05, 4.69) is 10.6 Å². The molecule has 0 aliphatic rings. The molecule has 23 heavy (non-hydrogen) atoms. The summed E-state index contributed by atoms with van der Waals surface area (Å²) in [7, 11) is 0. The van der Waals surface area contributed by atoms with Gasteiger partial charge in [0.2, 0.25) is 0 Å². The van der Waals surface area contributed by atoms with Crippen LogP contribution in [-0.2, 0) is 4.74 Å². The van der Waals surface area contributed by atoms with Gasteiger partial charge in [-0.15, -0.1) is 0 Å². The number of alkyl carbamates (subject to hydrolysis) is 1. The van der Waals surface area contributed by atoms with Gasteiger partial charge in [-0.1, -0.05) is 12.1 Å². The van der Waals surface area contributed by atoms with Gasteiger partial charge in [-0.25, -0.2) is 4.79 Å². The Morgan fingerprint density at radius 1 is 1.26 bits per heavy atom. The Morgan fingerprint density at radius 2 is 1.87 bits per heavy atom. The number of nitrogens with one attached hydrogen (secondary N) is 2. The number of carbonyl (C=O) groups is 1. The first-order valence-corrected chi connectivity index (χ1v) is 7.63. The number of carbonyl (C=O) groups excluding carboxylic acids is 1. The zero-order valence-electron chi connectivity index (χ0n) is 14.1. The number of non-ortho nitro benzene ring substituents is 1. The van der Waals surface area contributed by atoms with Crippen LogP contribution < -0.4 is 10.6 Å². The number of hydrogen-bond donors (Lipinski definition) is 2. The lowest BCUT2D eigenvalue weighted by Gasteiger charge is -2.19. The molecule has 1 atom stereocenters. The van der Waals surface area contributed by atoms with Crippen LogP contribution in [0.1, 0.15) is 45.7 Å². The Labute approximate surface area is 136 Å². The van der Waals surface area contributed by atoms with Gasteiger partial charge in [0, 0.05) is 24.7 Å². The van der Waals surface area contributed by atoms with Crippen LogP contribution >= 0.6 is 0 Å². The van der Waals surface area contributed by atoms with Crippen molar-refractivity contribution in [3.05, 3.63) is 39.9 Å². The molecule has 7 heteroatoms. The largest absolute Gasteiger partial charge is 0.444 e. The Hall–Kier alpha value is -2.15. The first-order chi connectivity index (χ1) is 10.7. The van der Waals surface area contributed by atoms with E-state index in [4.69, 9.17) is 4.74 Å². The maximum atomic E-state index is 11.5. The summed E-state index contributed by atoms with van der Waals surface area (Å²) in [5, 5.41) is 16.6. The zero-order valence-corrected chi connectivity index (χ0v) is 14.1. The second kappa shape index (κ2) is 8.47. The molecule has 2 N–H and O–H groups in total. The minimum atomic E-state index is -0.493. The Kier molecular flexibility index (Phi) is 6.96. The quantitative estimate of drug-likeness (QED) is 0.457. The molecule has 0 heterocycles. The normalized spacial score (nSPS) is 12.5. The Bertz CT molecular complexity index is 523. The molecular formula is C16H25N3O4. The van der Waals surface area contributed by atoms with Crippen molar-refractivity contribution in [2.45, 2.75) is 45.8 Å². The summed E-state index contributed by atoms with van der Waals surface area (Å²) in [6, 6.07) is 6.57. The summed E-state index contributed by atoms with van der Waals surface area (Å²) in [6.45, 7) is 8.69. The van der Waals surface area contributed by atoms with Crippen LogP contribution in [0.4, 0.5) is 10.5 Å². The number of nitro benzene ring substituents is 1. The third kappa shape index (κ3) is 7.60. The van der Waals surface area contributed by atoms with Crippen molar-refractivity contribution in [1.29, 1.82) is 0 Å². The average Bonchev–Trinajstić information content (AvgIpc) is 2.45. The smallest absolute Gasteiger partial charge is 0.407 e. The van der Waals surface area contributed by atoms with Gasteiger partial charge in [0.1, 0.15) is 5.60 Å². The van der Waals surface area contributed by atoms with Crippen molar-refractivity contribution < 1.29 is 14.5 Å². The fraction of sp³-hybridized carbons (Fsp3) is 0.562. The third-order valence-electron chi connectivity index (χ3n) is 3.08. The average molecular weight is 323 g/mol. The number of rotatable bonds is 7. The topological polar surface area (TPSA) is 93.5 Å². The molecule has 1 aromatic carbocycles. The lowest BCUT2D eigenvalue weighted by molar-refractivity contribution is -0.384. The van der Waals surface area contributed by atoms with Gasteiger partial charge in [-0.2, -0.15) is 0 Å². The van der Waals surface area contributed by atoms with Crippen LogP contribution in [0.2, 0.25) is 0 Å². The monoisotopic (exact) mass is 323 g/mol.